The highest BCUT2D eigenvalue weighted by atomic mass is 35.6. The van der Waals surface area contributed by atoms with Gasteiger partial charge in [0.05, 0.1) is 0 Å². The molecule has 0 bridgehead atoms. The smallest absolute Gasteiger partial charge is 0.365 e. The van der Waals surface area contributed by atoms with Crippen LogP contribution >= 0.6 is 22.7 Å². The van der Waals surface area contributed by atoms with E-state index in [-0.39, 0.29) is 0 Å². The van der Waals surface area contributed by atoms with Gasteiger partial charge in [0.15, 0.2) is 0 Å². The predicted octanol–water partition coefficient (Wildman–Crippen LogP) is 1.99. The SMILES string of the molecule is CO[Si](Cl)(OC)OCCCCCl. The molecule has 0 atom stereocenters. The molecule has 74 valence electrons. The van der Waals surface area contributed by atoms with E-state index in [0.29, 0.717) is 12.5 Å². The minimum absolute atomic E-state index is 0.532. The van der Waals surface area contributed by atoms with Crippen LogP contribution in [0.15, 0.2) is 0 Å². The second-order valence-corrected chi connectivity index (χ2v) is 5.97. The van der Waals surface area contributed by atoms with Crippen molar-refractivity contribution in [3.63, 3.8) is 0 Å². The van der Waals surface area contributed by atoms with E-state index < -0.39 is 8.11 Å². The molecule has 12 heavy (non-hydrogen) atoms. The summed E-state index contributed by atoms with van der Waals surface area (Å²) in [5, 5.41) is 0. The summed E-state index contributed by atoms with van der Waals surface area (Å²) in [6.07, 6.45) is 1.79. The summed E-state index contributed by atoms with van der Waals surface area (Å²) >= 11 is 11.3. The van der Waals surface area contributed by atoms with Crippen molar-refractivity contribution in [3.05, 3.63) is 0 Å². The van der Waals surface area contributed by atoms with Crippen molar-refractivity contribution in [1.82, 2.24) is 0 Å². The Morgan fingerprint density at radius 3 is 2.17 bits per heavy atom. The van der Waals surface area contributed by atoms with Gasteiger partial charge in [-0.05, 0) is 12.8 Å². The Balaban J connectivity index is 3.45. The standard InChI is InChI=1S/C6H14Cl2O3Si/c1-9-12(8,10-2)11-6-4-3-5-7/h3-6H2,1-2H3. The van der Waals surface area contributed by atoms with Crippen molar-refractivity contribution in [2.24, 2.45) is 0 Å². The third kappa shape index (κ3) is 5.34. The lowest BCUT2D eigenvalue weighted by Gasteiger charge is -2.18. The van der Waals surface area contributed by atoms with E-state index in [1.165, 1.54) is 14.2 Å². The van der Waals surface area contributed by atoms with Gasteiger partial charge in [0.2, 0.25) is 0 Å². The summed E-state index contributed by atoms with van der Waals surface area (Å²) in [6, 6.07) is 0. The van der Waals surface area contributed by atoms with Crippen LogP contribution in [0, 0.1) is 0 Å². The van der Waals surface area contributed by atoms with E-state index in [1.54, 1.807) is 0 Å². The zero-order chi connectivity index (χ0) is 9.45. The van der Waals surface area contributed by atoms with Crippen LogP contribution in [-0.4, -0.2) is 34.8 Å². The van der Waals surface area contributed by atoms with Crippen molar-refractivity contribution in [3.8, 4) is 0 Å². The maximum Gasteiger partial charge on any atom is 0.612 e. The maximum absolute atomic E-state index is 5.83. The molecule has 0 heterocycles. The molecular weight excluding hydrogens is 219 g/mol. The Morgan fingerprint density at radius 1 is 1.17 bits per heavy atom. The van der Waals surface area contributed by atoms with E-state index in [4.69, 9.17) is 36.0 Å². The molecular formula is C6H14Cl2O3Si. The highest BCUT2D eigenvalue weighted by Gasteiger charge is 2.36. The summed E-state index contributed by atoms with van der Waals surface area (Å²) < 4.78 is 15.0. The van der Waals surface area contributed by atoms with Gasteiger partial charge in [0.1, 0.15) is 0 Å². The summed E-state index contributed by atoms with van der Waals surface area (Å²) in [4.78, 5) is 0. The summed E-state index contributed by atoms with van der Waals surface area (Å²) in [6.45, 7) is 0.532. The van der Waals surface area contributed by atoms with E-state index >= 15 is 0 Å². The molecule has 0 aromatic heterocycles. The second-order valence-electron chi connectivity index (χ2n) is 2.13. The lowest BCUT2D eigenvalue weighted by Crippen LogP contribution is -2.37. The summed E-state index contributed by atoms with van der Waals surface area (Å²) in [7, 11) is 0.135. The fourth-order valence-corrected chi connectivity index (χ4v) is 1.80. The van der Waals surface area contributed by atoms with Crippen LogP contribution in [0.3, 0.4) is 0 Å². The highest BCUT2D eigenvalue weighted by Crippen LogP contribution is 2.12. The van der Waals surface area contributed by atoms with Crippen LogP contribution in [0.2, 0.25) is 0 Å². The van der Waals surface area contributed by atoms with Gasteiger partial charge >= 0.3 is 8.11 Å². The molecule has 0 radical (unpaired) electrons. The molecule has 0 saturated carbocycles. The molecule has 0 fully saturated rings. The van der Waals surface area contributed by atoms with Crippen LogP contribution in [0.25, 0.3) is 0 Å². The van der Waals surface area contributed by atoms with Crippen molar-refractivity contribution < 1.29 is 13.3 Å². The normalized spacial score (nSPS) is 12.0. The molecule has 0 saturated heterocycles. The third-order valence-corrected chi connectivity index (χ3v) is 4.33. The van der Waals surface area contributed by atoms with Crippen LogP contribution < -0.4 is 0 Å². The zero-order valence-electron chi connectivity index (χ0n) is 7.31. The molecule has 0 amide bonds. The van der Waals surface area contributed by atoms with Crippen molar-refractivity contribution in [1.29, 1.82) is 0 Å². The lowest BCUT2D eigenvalue weighted by molar-refractivity contribution is 0.121. The quantitative estimate of drug-likeness (QED) is 0.291. The Bertz CT molecular complexity index is 111. The van der Waals surface area contributed by atoms with Gasteiger partial charge in [0, 0.05) is 26.7 Å². The first-order valence-corrected chi connectivity index (χ1v) is 6.94. The first kappa shape index (κ1) is 12.7. The number of halogens is 2. The van der Waals surface area contributed by atoms with Crippen LogP contribution in [0.1, 0.15) is 12.8 Å². The van der Waals surface area contributed by atoms with Crippen LogP contribution in [0.4, 0.5) is 0 Å². The third-order valence-electron chi connectivity index (χ3n) is 1.29. The van der Waals surface area contributed by atoms with Crippen LogP contribution in [-0.2, 0) is 13.3 Å². The minimum Gasteiger partial charge on any atom is -0.365 e. The number of hydrogen-bond donors (Lipinski definition) is 0. The minimum atomic E-state index is -2.82. The van der Waals surface area contributed by atoms with E-state index in [9.17, 15) is 0 Å². The first-order valence-electron chi connectivity index (χ1n) is 3.67. The molecule has 0 aromatic carbocycles. The molecule has 0 rings (SSSR count). The topological polar surface area (TPSA) is 27.7 Å². The molecule has 0 spiro atoms. The van der Waals surface area contributed by atoms with E-state index in [2.05, 4.69) is 0 Å². The predicted molar refractivity (Wildman–Crippen MR) is 51.5 cm³/mol. The Hall–Kier alpha value is 0.677. The van der Waals surface area contributed by atoms with Gasteiger partial charge in [-0.2, -0.15) is 0 Å². The fourth-order valence-electron chi connectivity index (χ4n) is 0.592. The van der Waals surface area contributed by atoms with Gasteiger partial charge in [0.25, 0.3) is 0 Å². The number of unbranched alkanes of at least 4 members (excludes halogenated alkanes) is 1. The fraction of sp³-hybridized carbons (Fsp3) is 1.00. The summed E-state index contributed by atoms with van der Waals surface area (Å²) in [5.41, 5.74) is 0. The number of alkyl halides is 1. The van der Waals surface area contributed by atoms with Gasteiger partial charge < -0.3 is 13.3 Å². The van der Waals surface area contributed by atoms with Gasteiger partial charge in [-0.3, -0.25) is 0 Å². The molecule has 0 aromatic rings. The summed E-state index contributed by atoms with van der Waals surface area (Å²) in [5.74, 6) is 0.639. The highest BCUT2D eigenvalue weighted by molar-refractivity contribution is 7.09. The number of hydrogen-bond acceptors (Lipinski definition) is 3. The second kappa shape index (κ2) is 7.12. The molecule has 0 aliphatic carbocycles. The largest absolute Gasteiger partial charge is 0.612 e. The maximum atomic E-state index is 5.83. The average molecular weight is 233 g/mol. The Kier molecular flexibility index (Phi) is 7.52. The van der Waals surface area contributed by atoms with Crippen molar-refractivity contribution in [2.45, 2.75) is 12.8 Å². The molecule has 0 aliphatic rings. The lowest BCUT2D eigenvalue weighted by atomic mass is 10.4. The molecule has 0 N–H and O–H groups in total. The number of rotatable bonds is 7. The van der Waals surface area contributed by atoms with Crippen molar-refractivity contribution >= 4 is 30.8 Å². The molecule has 3 nitrogen and oxygen atoms in total. The Morgan fingerprint density at radius 2 is 1.75 bits per heavy atom. The Labute approximate surface area is 84.0 Å². The van der Waals surface area contributed by atoms with Gasteiger partial charge in [-0.1, -0.05) is 11.1 Å². The monoisotopic (exact) mass is 232 g/mol. The molecule has 0 unspecified atom stereocenters. The zero-order valence-corrected chi connectivity index (χ0v) is 9.82. The van der Waals surface area contributed by atoms with Gasteiger partial charge in [-0.25, -0.2) is 0 Å². The van der Waals surface area contributed by atoms with Gasteiger partial charge in [-0.15, -0.1) is 11.6 Å². The van der Waals surface area contributed by atoms with E-state index in [1.807, 2.05) is 0 Å². The van der Waals surface area contributed by atoms with E-state index in [0.717, 1.165) is 12.8 Å². The average Bonchev–Trinajstić information content (AvgIpc) is 2.12. The molecule has 0 aliphatic heterocycles. The van der Waals surface area contributed by atoms with Crippen molar-refractivity contribution in [2.75, 3.05) is 26.7 Å². The first-order chi connectivity index (χ1) is 5.68. The molecule has 6 heteroatoms. The van der Waals surface area contributed by atoms with Crippen LogP contribution in [0.5, 0.6) is 0 Å².